The number of nitrogens with zero attached hydrogens (tertiary/aromatic N) is 4. The summed E-state index contributed by atoms with van der Waals surface area (Å²) >= 11 is 0. The summed E-state index contributed by atoms with van der Waals surface area (Å²) in [6.07, 6.45) is 5.21. The van der Waals surface area contributed by atoms with Gasteiger partial charge in [-0.2, -0.15) is 4.98 Å². The van der Waals surface area contributed by atoms with E-state index in [9.17, 15) is 4.21 Å². The van der Waals surface area contributed by atoms with Crippen molar-refractivity contribution >= 4 is 32.9 Å². The van der Waals surface area contributed by atoms with Gasteiger partial charge in [-0.05, 0) is 23.8 Å². The molecule has 0 bridgehead atoms. The summed E-state index contributed by atoms with van der Waals surface area (Å²) in [5, 5.41) is 0.932. The van der Waals surface area contributed by atoms with Crippen LogP contribution in [0.5, 0.6) is 5.88 Å². The molecule has 0 amide bonds. The molecule has 25 heavy (non-hydrogen) atoms. The number of hydrogen-bond donors (Lipinski definition) is 0. The van der Waals surface area contributed by atoms with E-state index in [-0.39, 0.29) is 0 Å². The molecule has 0 saturated heterocycles. The molecule has 0 aliphatic rings. The normalized spacial score (nSPS) is 12.6. The Morgan fingerprint density at radius 1 is 1.12 bits per heavy atom. The maximum absolute atomic E-state index is 11.5. The lowest BCUT2D eigenvalue weighted by atomic mass is 10.2. The van der Waals surface area contributed by atoms with Crippen molar-refractivity contribution in [3.63, 3.8) is 0 Å². The van der Waals surface area contributed by atoms with Gasteiger partial charge in [-0.15, -0.1) is 0 Å². The van der Waals surface area contributed by atoms with Crippen LogP contribution in [-0.2, 0) is 17.3 Å². The smallest absolute Gasteiger partial charge is 0.215 e. The molecule has 0 aliphatic heterocycles. The van der Waals surface area contributed by atoms with Crippen molar-refractivity contribution in [3.05, 3.63) is 54.5 Å². The van der Waals surface area contributed by atoms with Crippen LogP contribution in [0.1, 0.15) is 5.56 Å². The molecule has 126 valence electrons. The van der Waals surface area contributed by atoms with Crippen molar-refractivity contribution in [1.29, 1.82) is 0 Å². The summed E-state index contributed by atoms with van der Waals surface area (Å²) < 4.78 is 18.8. The molecule has 4 aromatic rings. The van der Waals surface area contributed by atoms with Crippen LogP contribution in [0.3, 0.4) is 0 Å². The average molecular weight is 352 g/mol. The topological polar surface area (TPSA) is 69.9 Å². The van der Waals surface area contributed by atoms with Gasteiger partial charge in [0.25, 0.3) is 0 Å². The fourth-order valence-corrected chi connectivity index (χ4v) is 3.36. The highest BCUT2D eigenvalue weighted by Gasteiger charge is 2.11. The molecule has 7 heteroatoms. The third kappa shape index (κ3) is 2.87. The van der Waals surface area contributed by atoms with Gasteiger partial charge in [0, 0.05) is 39.9 Å². The van der Waals surface area contributed by atoms with Crippen molar-refractivity contribution in [2.45, 2.75) is 11.4 Å². The number of methoxy groups -OCH3 is 1. The van der Waals surface area contributed by atoms with E-state index in [0.717, 1.165) is 26.9 Å². The summed E-state index contributed by atoms with van der Waals surface area (Å²) in [6, 6.07) is 11.6. The minimum absolute atomic E-state index is 0.536. The molecule has 4 rings (SSSR count). The first-order chi connectivity index (χ1) is 12.2. The molecule has 6 nitrogen and oxygen atoms in total. The Kier molecular flexibility index (Phi) is 3.93. The van der Waals surface area contributed by atoms with Gasteiger partial charge in [0.1, 0.15) is 5.52 Å². The average Bonchev–Trinajstić information content (AvgIpc) is 3.05. The van der Waals surface area contributed by atoms with Gasteiger partial charge in [-0.25, -0.2) is 9.97 Å². The fraction of sp³-hybridized carbons (Fsp3) is 0.167. The lowest BCUT2D eigenvalue weighted by molar-refractivity contribution is 0.399. The predicted octanol–water partition coefficient (Wildman–Crippen LogP) is 2.77. The van der Waals surface area contributed by atoms with Crippen LogP contribution < -0.4 is 4.74 Å². The quantitative estimate of drug-likeness (QED) is 0.565. The van der Waals surface area contributed by atoms with Crippen LogP contribution in [0.15, 0.2) is 53.8 Å². The number of imidazole rings is 1. The second-order valence-electron chi connectivity index (χ2n) is 5.69. The van der Waals surface area contributed by atoms with Crippen LogP contribution in [0.25, 0.3) is 22.1 Å². The van der Waals surface area contributed by atoms with Crippen LogP contribution >= 0.6 is 0 Å². The first-order valence-corrected chi connectivity index (χ1v) is 9.28. The molecule has 0 spiro atoms. The number of aromatic nitrogens is 4. The Labute approximate surface area is 147 Å². The maximum Gasteiger partial charge on any atom is 0.215 e. The summed E-state index contributed by atoms with van der Waals surface area (Å²) in [5.41, 5.74) is 3.55. The lowest BCUT2D eigenvalue weighted by Crippen LogP contribution is -2.00. The van der Waals surface area contributed by atoms with Gasteiger partial charge in [0.15, 0.2) is 5.65 Å². The predicted molar refractivity (Wildman–Crippen MR) is 97.3 cm³/mol. The first-order valence-electron chi connectivity index (χ1n) is 7.72. The Bertz CT molecular complexity index is 1090. The van der Waals surface area contributed by atoms with Crippen molar-refractivity contribution < 1.29 is 8.95 Å². The highest BCUT2D eigenvalue weighted by molar-refractivity contribution is 7.84. The third-order valence-corrected chi connectivity index (χ3v) is 5.03. The largest absolute Gasteiger partial charge is 0.481 e. The van der Waals surface area contributed by atoms with E-state index in [1.807, 2.05) is 42.7 Å². The van der Waals surface area contributed by atoms with E-state index in [4.69, 9.17) is 4.74 Å². The SMILES string of the molecule is COc1ccc2c(ncc3ncn(Cc4ccc(S(C)=O)cc4)c32)n1. The molecule has 3 aromatic heterocycles. The molecule has 0 N–H and O–H groups in total. The zero-order valence-corrected chi connectivity index (χ0v) is 14.7. The highest BCUT2D eigenvalue weighted by atomic mass is 32.2. The highest BCUT2D eigenvalue weighted by Crippen LogP contribution is 2.24. The number of pyridine rings is 2. The van der Waals surface area contributed by atoms with Gasteiger partial charge >= 0.3 is 0 Å². The van der Waals surface area contributed by atoms with Crippen LogP contribution in [0.2, 0.25) is 0 Å². The molecule has 1 aromatic carbocycles. The molecular weight excluding hydrogens is 336 g/mol. The number of fused-ring (bicyclic) bond motifs is 3. The third-order valence-electron chi connectivity index (χ3n) is 4.10. The van der Waals surface area contributed by atoms with E-state index in [0.29, 0.717) is 18.1 Å². The maximum atomic E-state index is 11.5. The molecule has 0 radical (unpaired) electrons. The molecular formula is C18H16N4O2S. The zero-order chi connectivity index (χ0) is 17.4. The molecule has 0 aliphatic carbocycles. The van der Waals surface area contributed by atoms with E-state index < -0.39 is 10.8 Å². The summed E-state index contributed by atoms with van der Waals surface area (Å²) in [5.74, 6) is 0.536. The molecule has 1 atom stereocenters. The Morgan fingerprint density at radius 3 is 2.64 bits per heavy atom. The minimum Gasteiger partial charge on any atom is -0.481 e. The molecule has 0 fully saturated rings. The summed E-state index contributed by atoms with van der Waals surface area (Å²) in [7, 11) is 0.620. The standard InChI is InChI=1S/C18H16N4O2S/c1-24-16-8-7-14-17-15(9-19-18(14)21-16)20-11-22(17)10-12-3-5-13(6-4-12)25(2)23/h3-9,11H,10H2,1-2H3. The molecule has 0 saturated carbocycles. The first kappa shape index (κ1) is 15.7. The molecule has 3 heterocycles. The second-order valence-corrected chi connectivity index (χ2v) is 7.07. The van der Waals surface area contributed by atoms with Gasteiger partial charge in [-0.3, -0.25) is 4.21 Å². The number of ether oxygens (including phenoxy) is 1. The van der Waals surface area contributed by atoms with Crippen molar-refractivity contribution in [1.82, 2.24) is 19.5 Å². The van der Waals surface area contributed by atoms with Gasteiger partial charge in [-0.1, -0.05) is 12.1 Å². The van der Waals surface area contributed by atoms with E-state index in [1.54, 1.807) is 19.6 Å². The number of rotatable bonds is 4. The minimum atomic E-state index is -0.968. The second kappa shape index (κ2) is 6.25. The van der Waals surface area contributed by atoms with Gasteiger partial charge in [0.05, 0.1) is 25.2 Å². The zero-order valence-electron chi connectivity index (χ0n) is 13.8. The monoisotopic (exact) mass is 352 g/mol. The Morgan fingerprint density at radius 2 is 1.92 bits per heavy atom. The van der Waals surface area contributed by atoms with Gasteiger partial charge in [0.2, 0.25) is 5.88 Å². The molecule has 1 unspecified atom stereocenters. The lowest BCUT2D eigenvalue weighted by Gasteiger charge is -2.08. The van der Waals surface area contributed by atoms with Crippen molar-refractivity contribution in [2.24, 2.45) is 0 Å². The van der Waals surface area contributed by atoms with E-state index in [1.165, 1.54) is 0 Å². The Hall–Kier alpha value is -2.80. The summed E-state index contributed by atoms with van der Waals surface area (Å²) in [6.45, 7) is 0.665. The number of hydrogen-bond acceptors (Lipinski definition) is 5. The fourth-order valence-electron chi connectivity index (χ4n) is 2.84. The van der Waals surface area contributed by atoms with E-state index >= 15 is 0 Å². The van der Waals surface area contributed by atoms with Gasteiger partial charge < -0.3 is 9.30 Å². The van der Waals surface area contributed by atoms with E-state index in [2.05, 4.69) is 19.5 Å². The van der Waals surface area contributed by atoms with Crippen molar-refractivity contribution in [2.75, 3.05) is 13.4 Å². The van der Waals surface area contributed by atoms with Crippen LogP contribution in [-0.4, -0.2) is 37.1 Å². The number of benzene rings is 1. The summed E-state index contributed by atoms with van der Waals surface area (Å²) in [4.78, 5) is 14.0. The van der Waals surface area contributed by atoms with Crippen LogP contribution in [0.4, 0.5) is 0 Å². The Balaban J connectivity index is 1.79. The van der Waals surface area contributed by atoms with Crippen LogP contribution in [0, 0.1) is 0 Å². The van der Waals surface area contributed by atoms with Crippen molar-refractivity contribution in [3.8, 4) is 5.88 Å².